The second-order valence-corrected chi connectivity index (χ2v) is 8.76. The van der Waals surface area contributed by atoms with Crippen molar-refractivity contribution in [3.8, 4) is 11.5 Å². The van der Waals surface area contributed by atoms with Crippen molar-refractivity contribution in [1.29, 1.82) is 0 Å². The van der Waals surface area contributed by atoms with Crippen LogP contribution in [-0.2, 0) is 12.8 Å². The van der Waals surface area contributed by atoms with Crippen molar-refractivity contribution < 1.29 is 5.11 Å². The number of fused-ring (bicyclic) bond motifs is 1. The molecule has 1 aliphatic heterocycles. The number of aliphatic hydroxyl groups is 1. The molecule has 2 unspecified atom stereocenters. The van der Waals surface area contributed by atoms with E-state index in [4.69, 9.17) is 9.97 Å². The van der Waals surface area contributed by atoms with Gasteiger partial charge in [-0.25, -0.2) is 9.97 Å². The van der Waals surface area contributed by atoms with Gasteiger partial charge < -0.3 is 10.4 Å². The maximum Gasteiger partial charge on any atom is 0.180 e. The normalized spacial score (nSPS) is 25.7. The summed E-state index contributed by atoms with van der Waals surface area (Å²) in [4.78, 5) is 16.7. The maximum absolute atomic E-state index is 10.4. The Morgan fingerprint density at radius 3 is 2.62 bits per heavy atom. The Kier molecular flexibility index (Phi) is 5.46. The number of piperidine rings is 1. The number of anilines is 1. The Balaban J connectivity index is 1.29. The molecule has 6 heteroatoms. The van der Waals surface area contributed by atoms with Gasteiger partial charge in [0.05, 0.1) is 6.10 Å². The smallest absolute Gasteiger partial charge is 0.180 e. The van der Waals surface area contributed by atoms with E-state index in [9.17, 15) is 5.11 Å². The van der Waals surface area contributed by atoms with Crippen molar-refractivity contribution in [2.24, 2.45) is 0 Å². The summed E-state index contributed by atoms with van der Waals surface area (Å²) >= 11 is 0. The van der Waals surface area contributed by atoms with Gasteiger partial charge in [0, 0.05) is 42.6 Å². The van der Waals surface area contributed by atoms with Gasteiger partial charge >= 0.3 is 0 Å². The average Bonchev–Trinajstić information content (AvgIpc) is 3.25. The van der Waals surface area contributed by atoms with E-state index in [2.05, 4.69) is 15.2 Å². The van der Waals surface area contributed by atoms with Crippen LogP contribution in [0.3, 0.4) is 0 Å². The van der Waals surface area contributed by atoms with Crippen molar-refractivity contribution >= 4 is 5.82 Å². The lowest BCUT2D eigenvalue weighted by atomic mass is 9.89. The molecule has 0 spiro atoms. The fourth-order valence-corrected chi connectivity index (χ4v) is 5.25. The summed E-state index contributed by atoms with van der Waals surface area (Å²) in [6, 6.07) is 6.69. The topological polar surface area (TPSA) is 74.2 Å². The number of aromatic nitrogens is 3. The number of nitrogens with zero attached hydrogens (tertiary/aromatic N) is 4. The number of nitrogens with one attached hydrogen (secondary N) is 1. The van der Waals surface area contributed by atoms with Crippen molar-refractivity contribution in [2.45, 2.75) is 76.0 Å². The van der Waals surface area contributed by atoms with E-state index in [1.165, 1.54) is 24.1 Å². The molecule has 0 bridgehead atoms. The third kappa shape index (κ3) is 4.01. The molecule has 0 radical (unpaired) electrons. The van der Waals surface area contributed by atoms with Crippen LogP contribution in [0.5, 0.6) is 0 Å². The van der Waals surface area contributed by atoms with Gasteiger partial charge in [-0.3, -0.25) is 9.88 Å². The minimum Gasteiger partial charge on any atom is -0.391 e. The van der Waals surface area contributed by atoms with Gasteiger partial charge in [-0.1, -0.05) is 18.9 Å². The molecule has 2 aromatic rings. The predicted octanol–water partition coefficient (Wildman–Crippen LogP) is 3.21. The van der Waals surface area contributed by atoms with Crippen molar-refractivity contribution in [3.63, 3.8) is 0 Å². The summed E-state index contributed by atoms with van der Waals surface area (Å²) < 4.78 is 0. The highest BCUT2D eigenvalue weighted by atomic mass is 16.3. The minimum absolute atomic E-state index is 0.140. The molecule has 1 saturated heterocycles. The van der Waals surface area contributed by atoms with E-state index < -0.39 is 0 Å². The molecule has 154 valence electrons. The molecular weight excluding hydrogens is 362 g/mol. The van der Waals surface area contributed by atoms with Gasteiger partial charge in [-0.2, -0.15) is 0 Å². The number of likely N-dealkylation sites (tertiary alicyclic amines) is 1. The molecular formula is C23H31N5O. The molecule has 0 amide bonds. The van der Waals surface area contributed by atoms with Crippen molar-refractivity contribution in [3.05, 3.63) is 35.7 Å². The van der Waals surface area contributed by atoms with E-state index >= 15 is 0 Å². The molecule has 2 N–H and O–H groups in total. The van der Waals surface area contributed by atoms with Gasteiger partial charge in [-0.05, 0) is 57.1 Å². The maximum atomic E-state index is 10.4. The first kappa shape index (κ1) is 18.9. The first-order valence-electron chi connectivity index (χ1n) is 11.3. The average molecular weight is 394 g/mol. The molecule has 2 atom stereocenters. The summed E-state index contributed by atoms with van der Waals surface area (Å²) in [6.45, 7) is 2.11. The van der Waals surface area contributed by atoms with Crippen LogP contribution in [0.25, 0.3) is 11.5 Å². The van der Waals surface area contributed by atoms with Gasteiger partial charge in [0.1, 0.15) is 11.5 Å². The van der Waals surface area contributed by atoms with Gasteiger partial charge in [0.2, 0.25) is 0 Å². The lowest BCUT2D eigenvalue weighted by Crippen LogP contribution is -2.50. The highest BCUT2D eigenvalue weighted by Crippen LogP contribution is 2.31. The second kappa shape index (κ2) is 8.36. The fourth-order valence-electron chi connectivity index (χ4n) is 5.25. The quantitative estimate of drug-likeness (QED) is 0.831. The fraction of sp³-hybridized carbons (Fsp3) is 0.609. The van der Waals surface area contributed by atoms with Crippen LogP contribution in [0.2, 0.25) is 0 Å². The van der Waals surface area contributed by atoms with Crippen LogP contribution < -0.4 is 5.32 Å². The lowest BCUT2D eigenvalue weighted by molar-refractivity contribution is 0.00992. The number of pyridine rings is 1. The number of hydrogen-bond donors (Lipinski definition) is 2. The van der Waals surface area contributed by atoms with Crippen LogP contribution in [0.15, 0.2) is 24.4 Å². The van der Waals surface area contributed by atoms with Crippen LogP contribution >= 0.6 is 0 Å². The zero-order valence-corrected chi connectivity index (χ0v) is 17.1. The van der Waals surface area contributed by atoms with E-state index in [0.29, 0.717) is 12.1 Å². The highest BCUT2D eigenvalue weighted by molar-refractivity contribution is 5.58. The standard InChI is InChI=1S/C23H31N5O/c29-21-10-2-1-9-20(21)28-14-11-16(12-15-28)25-22-17-6-5-8-18(17)26-23(27-22)19-7-3-4-13-24-19/h3-4,7,13,16,20-21,29H,1-2,5-6,8-12,14-15H2,(H,25,26,27). The molecule has 3 aliphatic rings. The Morgan fingerprint density at radius 2 is 1.83 bits per heavy atom. The van der Waals surface area contributed by atoms with Gasteiger partial charge in [0.25, 0.3) is 0 Å². The zero-order chi connectivity index (χ0) is 19.6. The van der Waals surface area contributed by atoms with Crippen LogP contribution in [0.1, 0.15) is 56.2 Å². The van der Waals surface area contributed by atoms with Crippen LogP contribution in [0.4, 0.5) is 5.82 Å². The Hall–Kier alpha value is -2.05. The third-order valence-electron chi connectivity index (χ3n) is 6.86. The molecule has 1 saturated carbocycles. The minimum atomic E-state index is -0.140. The van der Waals surface area contributed by atoms with E-state index in [-0.39, 0.29) is 6.10 Å². The first-order chi connectivity index (χ1) is 14.3. The number of rotatable bonds is 4. The third-order valence-corrected chi connectivity index (χ3v) is 6.86. The molecule has 3 heterocycles. The van der Waals surface area contributed by atoms with E-state index in [0.717, 1.165) is 75.4 Å². The van der Waals surface area contributed by atoms with E-state index in [1.807, 2.05) is 18.2 Å². The zero-order valence-electron chi connectivity index (χ0n) is 17.1. The predicted molar refractivity (Wildman–Crippen MR) is 114 cm³/mol. The molecule has 2 fully saturated rings. The van der Waals surface area contributed by atoms with E-state index in [1.54, 1.807) is 6.20 Å². The monoisotopic (exact) mass is 393 g/mol. The second-order valence-electron chi connectivity index (χ2n) is 8.76. The molecule has 5 rings (SSSR count). The largest absolute Gasteiger partial charge is 0.391 e. The summed E-state index contributed by atoms with van der Waals surface area (Å²) in [6.07, 6.45) is 11.6. The van der Waals surface area contributed by atoms with Gasteiger partial charge in [-0.15, -0.1) is 0 Å². The Bertz CT molecular complexity index is 835. The SMILES string of the molecule is OC1CCCCC1N1CCC(Nc2nc(-c3ccccn3)nc3c2CCC3)CC1. The molecule has 2 aromatic heterocycles. The molecule has 6 nitrogen and oxygen atoms in total. The van der Waals surface area contributed by atoms with Gasteiger partial charge in [0.15, 0.2) is 5.82 Å². The van der Waals surface area contributed by atoms with Crippen LogP contribution in [-0.4, -0.2) is 56.2 Å². The van der Waals surface area contributed by atoms with Crippen molar-refractivity contribution in [1.82, 2.24) is 19.9 Å². The summed E-state index contributed by atoms with van der Waals surface area (Å²) in [5.74, 6) is 1.75. The summed E-state index contributed by atoms with van der Waals surface area (Å²) in [7, 11) is 0. The Morgan fingerprint density at radius 1 is 0.966 bits per heavy atom. The summed E-state index contributed by atoms with van der Waals surface area (Å²) in [5, 5.41) is 14.1. The molecule has 0 aromatic carbocycles. The first-order valence-corrected chi connectivity index (χ1v) is 11.3. The number of aryl methyl sites for hydroxylation is 1. The number of hydrogen-bond acceptors (Lipinski definition) is 6. The Labute approximate surface area is 172 Å². The highest BCUT2D eigenvalue weighted by Gasteiger charge is 2.32. The lowest BCUT2D eigenvalue weighted by Gasteiger charge is -2.41. The summed E-state index contributed by atoms with van der Waals surface area (Å²) in [5.41, 5.74) is 3.33. The molecule has 29 heavy (non-hydrogen) atoms. The van der Waals surface area contributed by atoms with Crippen molar-refractivity contribution in [2.75, 3.05) is 18.4 Å². The number of aliphatic hydroxyl groups excluding tert-OH is 1. The van der Waals surface area contributed by atoms with Crippen LogP contribution in [0, 0.1) is 0 Å². The molecule has 2 aliphatic carbocycles.